The van der Waals surface area contributed by atoms with Gasteiger partial charge in [0.2, 0.25) is 0 Å². The van der Waals surface area contributed by atoms with E-state index in [1.165, 1.54) is 6.20 Å². The van der Waals surface area contributed by atoms with Crippen LogP contribution in [0, 0.1) is 16.7 Å². The number of hydrogen-bond donors (Lipinski definition) is 1. The van der Waals surface area contributed by atoms with E-state index in [-0.39, 0.29) is 5.70 Å². The predicted octanol–water partition coefficient (Wildman–Crippen LogP) is 0.137. The Bertz CT molecular complexity index is 141. The number of rotatable bonds is 1. The van der Waals surface area contributed by atoms with Gasteiger partial charge in [-0.15, -0.1) is 0 Å². The smallest absolute Gasteiger partial charge is 0.264 e. The topological polar surface area (TPSA) is 55.2 Å². The van der Waals surface area contributed by atoms with Crippen LogP contribution in [0.15, 0.2) is 11.9 Å². The Morgan fingerprint density at radius 1 is 2.00 bits per heavy atom. The normalized spacial score (nSPS) is 17.2. The highest BCUT2D eigenvalue weighted by Gasteiger charge is 2.14. The van der Waals surface area contributed by atoms with Crippen molar-refractivity contribution in [2.45, 2.75) is 6.42 Å². The zero-order valence-electron chi connectivity index (χ0n) is 4.05. The molecule has 0 aromatic rings. The molecule has 0 atom stereocenters. The summed E-state index contributed by atoms with van der Waals surface area (Å²) in [4.78, 5) is 9.44. The van der Waals surface area contributed by atoms with Crippen LogP contribution in [0.2, 0.25) is 0 Å². The minimum Gasteiger partial charge on any atom is -0.375 e. The van der Waals surface area contributed by atoms with Crippen molar-refractivity contribution in [3.63, 3.8) is 0 Å². The molecule has 8 heavy (non-hydrogen) atoms. The van der Waals surface area contributed by atoms with Crippen molar-refractivity contribution in [1.82, 2.24) is 5.32 Å². The molecular weight excluding hydrogens is 108 g/mol. The number of hydrogen-bond acceptors (Lipinski definition) is 3. The monoisotopic (exact) mass is 112 g/mol. The van der Waals surface area contributed by atoms with Crippen molar-refractivity contribution in [2.75, 3.05) is 0 Å². The molecule has 1 aliphatic rings. The molecule has 4 heteroatoms. The van der Waals surface area contributed by atoms with Gasteiger partial charge < -0.3 is 5.32 Å². The number of nitro groups is 1. The van der Waals surface area contributed by atoms with Crippen molar-refractivity contribution in [1.29, 1.82) is 0 Å². The van der Waals surface area contributed by atoms with Crippen LogP contribution in [0.4, 0.5) is 0 Å². The highest BCUT2D eigenvalue weighted by molar-refractivity contribution is 5.02. The zero-order chi connectivity index (χ0) is 5.98. The molecule has 0 saturated carbocycles. The molecule has 0 unspecified atom stereocenters. The fraction of sp³-hybridized carbons (Fsp3) is 0.250. The molecule has 0 aliphatic carbocycles. The van der Waals surface area contributed by atoms with E-state index in [1.54, 1.807) is 0 Å². The third kappa shape index (κ3) is 0.776. The summed E-state index contributed by atoms with van der Waals surface area (Å²) in [6.45, 7) is 2.57. The lowest BCUT2D eigenvalue weighted by molar-refractivity contribution is -0.426. The second-order valence-electron chi connectivity index (χ2n) is 1.39. The van der Waals surface area contributed by atoms with E-state index in [2.05, 4.69) is 11.9 Å². The maximum Gasteiger partial charge on any atom is 0.264 e. The molecule has 0 fully saturated rings. The summed E-state index contributed by atoms with van der Waals surface area (Å²) in [6, 6.07) is 0. The molecule has 0 saturated heterocycles. The van der Waals surface area contributed by atoms with Crippen molar-refractivity contribution < 1.29 is 4.92 Å². The lowest BCUT2D eigenvalue weighted by Crippen LogP contribution is -1.93. The summed E-state index contributed by atoms with van der Waals surface area (Å²) < 4.78 is 0. The lowest BCUT2D eigenvalue weighted by atomic mass is 10.4. The van der Waals surface area contributed by atoms with Gasteiger partial charge in [0.05, 0.1) is 24.1 Å². The third-order valence-corrected chi connectivity index (χ3v) is 0.845. The van der Waals surface area contributed by atoms with Crippen LogP contribution in [0.5, 0.6) is 0 Å². The largest absolute Gasteiger partial charge is 0.375 e. The first-order valence-corrected chi connectivity index (χ1v) is 2.12. The van der Waals surface area contributed by atoms with Gasteiger partial charge in [-0.25, -0.2) is 0 Å². The average Bonchev–Trinajstić information content (AvgIpc) is 2.12. The Kier molecular flexibility index (Phi) is 1.15. The van der Waals surface area contributed by atoms with E-state index in [0.29, 0.717) is 6.42 Å². The van der Waals surface area contributed by atoms with Crippen LogP contribution >= 0.6 is 0 Å². The summed E-state index contributed by atoms with van der Waals surface area (Å²) in [5.41, 5.74) is 0.171. The van der Waals surface area contributed by atoms with Crippen LogP contribution in [-0.4, -0.2) is 4.92 Å². The van der Waals surface area contributed by atoms with E-state index < -0.39 is 4.92 Å². The highest BCUT2D eigenvalue weighted by Crippen LogP contribution is 2.07. The first kappa shape index (κ1) is 5.08. The summed E-state index contributed by atoms with van der Waals surface area (Å²) in [7, 11) is 0. The molecule has 1 rings (SSSR count). The first-order chi connectivity index (χ1) is 3.80. The second-order valence-corrected chi connectivity index (χ2v) is 1.39. The Morgan fingerprint density at radius 2 is 2.75 bits per heavy atom. The highest BCUT2D eigenvalue weighted by atomic mass is 16.6. The Balaban J connectivity index is 2.57. The van der Waals surface area contributed by atoms with E-state index in [1.807, 2.05) is 0 Å². The zero-order valence-corrected chi connectivity index (χ0v) is 4.05. The molecule has 0 bridgehead atoms. The van der Waals surface area contributed by atoms with Gasteiger partial charge in [-0.1, -0.05) is 0 Å². The molecule has 0 amide bonds. The molecule has 0 aromatic heterocycles. The van der Waals surface area contributed by atoms with Gasteiger partial charge in [0.15, 0.2) is 0 Å². The van der Waals surface area contributed by atoms with Crippen LogP contribution in [-0.2, 0) is 0 Å². The summed E-state index contributed by atoms with van der Waals surface area (Å²) >= 11 is 0. The van der Waals surface area contributed by atoms with Crippen LogP contribution in [0.3, 0.4) is 0 Å². The molecule has 1 aliphatic heterocycles. The lowest BCUT2D eigenvalue weighted by Gasteiger charge is -1.82. The molecule has 1 heterocycles. The first-order valence-electron chi connectivity index (χ1n) is 2.12. The van der Waals surface area contributed by atoms with Gasteiger partial charge >= 0.3 is 0 Å². The Morgan fingerprint density at radius 3 is 3.00 bits per heavy atom. The maximum absolute atomic E-state index is 9.86. The van der Waals surface area contributed by atoms with E-state index in [4.69, 9.17) is 0 Å². The minimum atomic E-state index is -0.424. The Labute approximate surface area is 46.3 Å². The van der Waals surface area contributed by atoms with Crippen molar-refractivity contribution in [3.8, 4) is 0 Å². The van der Waals surface area contributed by atoms with E-state index >= 15 is 0 Å². The van der Waals surface area contributed by atoms with Gasteiger partial charge in [-0.05, 0) is 0 Å². The molecule has 2 radical (unpaired) electrons. The third-order valence-electron chi connectivity index (χ3n) is 0.845. The molecule has 1 N–H and O–H groups in total. The fourth-order valence-electron chi connectivity index (χ4n) is 0.444. The average molecular weight is 112 g/mol. The second kappa shape index (κ2) is 1.81. The molecule has 0 aromatic carbocycles. The summed E-state index contributed by atoms with van der Waals surface area (Å²) in [5, 5.41) is 12.4. The summed E-state index contributed by atoms with van der Waals surface area (Å²) in [6.07, 6.45) is 1.63. The summed E-state index contributed by atoms with van der Waals surface area (Å²) in [5.74, 6) is 0. The molecular formula is C4H4N2O2. The van der Waals surface area contributed by atoms with Gasteiger partial charge in [0.25, 0.3) is 5.70 Å². The molecule has 42 valence electrons. The number of nitrogens with one attached hydrogen (secondary N) is 1. The molecule has 4 nitrogen and oxygen atoms in total. The predicted molar refractivity (Wildman–Crippen MR) is 26.1 cm³/mol. The SMILES string of the molecule is O=[N+]([O-])C1=CN[C]C1. The van der Waals surface area contributed by atoms with E-state index in [0.717, 1.165) is 0 Å². The standard InChI is InChI=1S/C4H4N2O2/c7-6(8)4-1-2-5-3-4/h3,5H,1H2. The van der Waals surface area contributed by atoms with Crippen molar-refractivity contribution in [3.05, 3.63) is 28.6 Å². The van der Waals surface area contributed by atoms with Crippen LogP contribution in [0.1, 0.15) is 6.42 Å². The fourth-order valence-corrected chi connectivity index (χ4v) is 0.444. The van der Waals surface area contributed by atoms with Gasteiger partial charge in [-0.3, -0.25) is 10.1 Å². The van der Waals surface area contributed by atoms with E-state index in [9.17, 15) is 10.1 Å². The van der Waals surface area contributed by atoms with Crippen molar-refractivity contribution >= 4 is 0 Å². The van der Waals surface area contributed by atoms with Gasteiger partial charge in [-0.2, -0.15) is 0 Å². The quantitative estimate of drug-likeness (QED) is 0.387. The van der Waals surface area contributed by atoms with Gasteiger partial charge in [0, 0.05) is 0 Å². The number of nitrogens with zero attached hydrogens (tertiary/aromatic N) is 1. The van der Waals surface area contributed by atoms with Crippen LogP contribution in [0.25, 0.3) is 0 Å². The maximum atomic E-state index is 9.86. The van der Waals surface area contributed by atoms with Gasteiger partial charge in [0.1, 0.15) is 0 Å². The van der Waals surface area contributed by atoms with Crippen LogP contribution < -0.4 is 5.32 Å². The Hall–Kier alpha value is -1.06. The van der Waals surface area contributed by atoms with Crippen molar-refractivity contribution in [2.24, 2.45) is 0 Å². The minimum absolute atomic E-state index is 0.171. The molecule has 0 spiro atoms.